The number of carbonyl (C=O) groups excluding carboxylic acids is 1. The third kappa shape index (κ3) is 2.78. The molecule has 1 saturated heterocycles. The molecule has 0 atom stereocenters. The highest BCUT2D eigenvalue weighted by Crippen LogP contribution is 2.31. The largest absolute Gasteiger partial charge is 0.381 e. The molecule has 1 fully saturated rings. The van der Waals surface area contributed by atoms with Crippen molar-refractivity contribution in [3.05, 3.63) is 33.6 Å². The van der Waals surface area contributed by atoms with Crippen LogP contribution in [0.1, 0.15) is 45.7 Å². The molecular formula is C15H19N3O3S. The Morgan fingerprint density at radius 2 is 2.23 bits per heavy atom. The van der Waals surface area contributed by atoms with E-state index in [-0.39, 0.29) is 5.91 Å². The molecule has 0 bridgehead atoms. The predicted octanol–water partition coefficient (Wildman–Crippen LogP) is 2.44. The summed E-state index contributed by atoms with van der Waals surface area (Å²) in [6.45, 7) is 5.27. The third-order valence-electron chi connectivity index (χ3n) is 4.11. The molecule has 7 heteroatoms. The second kappa shape index (κ2) is 6.18. The summed E-state index contributed by atoms with van der Waals surface area (Å²) in [7, 11) is 0. The number of hydrogen-bond donors (Lipinski definition) is 1. The van der Waals surface area contributed by atoms with Gasteiger partial charge in [-0.1, -0.05) is 12.1 Å². The first-order valence-electron chi connectivity index (χ1n) is 7.41. The van der Waals surface area contributed by atoms with Gasteiger partial charge in [0.05, 0.1) is 4.88 Å². The fourth-order valence-electron chi connectivity index (χ4n) is 2.77. The SMILES string of the molecule is CCc1cc(C(=O)NC2(c3ncon3)CCOCC2)sc1C. The maximum Gasteiger partial charge on any atom is 0.262 e. The highest BCUT2D eigenvalue weighted by atomic mass is 32.1. The molecule has 0 radical (unpaired) electrons. The molecule has 0 aliphatic carbocycles. The first kappa shape index (κ1) is 15.2. The second-order valence-corrected chi connectivity index (χ2v) is 6.71. The van der Waals surface area contributed by atoms with E-state index in [1.807, 2.05) is 13.0 Å². The van der Waals surface area contributed by atoms with Gasteiger partial charge in [0.1, 0.15) is 5.54 Å². The van der Waals surface area contributed by atoms with Gasteiger partial charge in [0.2, 0.25) is 6.39 Å². The van der Waals surface area contributed by atoms with Gasteiger partial charge in [0.25, 0.3) is 5.91 Å². The molecule has 1 aliphatic heterocycles. The zero-order valence-corrected chi connectivity index (χ0v) is 13.5. The van der Waals surface area contributed by atoms with Gasteiger partial charge in [0.15, 0.2) is 5.82 Å². The number of amides is 1. The Labute approximate surface area is 132 Å². The van der Waals surface area contributed by atoms with Crippen molar-refractivity contribution in [2.45, 2.75) is 38.6 Å². The molecule has 0 spiro atoms. The summed E-state index contributed by atoms with van der Waals surface area (Å²) in [5, 5.41) is 7.07. The van der Waals surface area contributed by atoms with Gasteiger partial charge in [0, 0.05) is 30.9 Å². The normalized spacial score (nSPS) is 17.4. The number of rotatable bonds is 4. The Morgan fingerprint density at radius 3 is 2.82 bits per heavy atom. The quantitative estimate of drug-likeness (QED) is 0.936. The Kier molecular flexibility index (Phi) is 4.26. The van der Waals surface area contributed by atoms with Gasteiger partial charge in [-0.25, -0.2) is 0 Å². The standard InChI is InChI=1S/C15H19N3O3S/c1-3-11-8-12(22-10(11)2)13(19)17-15(4-6-20-7-5-15)14-16-9-21-18-14/h8-9H,3-7H2,1-2H3,(H,17,19). The summed E-state index contributed by atoms with van der Waals surface area (Å²) in [6.07, 6.45) is 3.51. The van der Waals surface area contributed by atoms with Crippen LogP contribution in [0.4, 0.5) is 0 Å². The Morgan fingerprint density at radius 1 is 1.45 bits per heavy atom. The van der Waals surface area contributed by atoms with Crippen LogP contribution in [0.2, 0.25) is 0 Å². The minimum absolute atomic E-state index is 0.0838. The van der Waals surface area contributed by atoms with Crippen LogP contribution >= 0.6 is 11.3 Å². The van der Waals surface area contributed by atoms with Crippen LogP contribution < -0.4 is 5.32 Å². The van der Waals surface area contributed by atoms with Gasteiger partial charge in [-0.05, 0) is 25.0 Å². The van der Waals surface area contributed by atoms with Crippen LogP contribution in [0, 0.1) is 6.92 Å². The van der Waals surface area contributed by atoms with Crippen molar-refractivity contribution in [3.63, 3.8) is 0 Å². The van der Waals surface area contributed by atoms with E-state index in [1.54, 1.807) is 0 Å². The molecule has 3 heterocycles. The van der Waals surface area contributed by atoms with E-state index in [4.69, 9.17) is 9.26 Å². The van der Waals surface area contributed by atoms with Crippen molar-refractivity contribution >= 4 is 17.2 Å². The van der Waals surface area contributed by atoms with Crippen molar-refractivity contribution in [1.82, 2.24) is 15.5 Å². The van der Waals surface area contributed by atoms with Crippen LogP contribution in [0.25, 0.3) is 0 Å². The molecule has 2 aromatic rings. The lowest BCUT2D eigenvalue weighted by Gasteiger charge is -2.34. The predicted molar refractivity (Wildman–Crippen MR) is 81.9 cm³/mol. The summed E-state index contributed by atoms with van der Waals surface area (Å²) in [5.74, 6) is 0.438. The summed E-state index contributed by atoms with van der Waals surface area (Å²) in [4.78, 5) is 18.7. The number of nitrogens with zero attached hydrogens (tertiary/aromatic N) is 2. The maximum absolute atomic E-state index is 12.7. The van der Waals surface area contributed by atoms with Crippen molar-refractivity contribution in [1.29, 1.82) is 0 Å². The van der Waals surface area contributed by atoms with Crippen LogP contribution in [0.15, 0.2) is 17.0 Å². The summed E-state index contributed by atoms with van der Waals surface area (Å²) < 4.78 is 10.3. The number of nitrogens with one attached hydrogen (secondary N) is 1. The van der Waals surface area contributed by atoms with E-state index in [9.17, 15) is 4.79 Å². The lowest BCUT2D eigenvalue weighted by molar-refractivity contribution is 0.0307. The lowest BCUT2D eigenvalue weighted by Crippen LogP contribution is -2.50. The number of thiophene rings is 1. The number of ether oxygens (including phenoxy) is 1. The fraction of sp³-hybridized carbons (Fsp3) is 0.533. The molecule has 1 N–H and O–H groups in total. The minimum Gasteiger partial charge on any atom is -0.381 e. The molecule has 2 aromatic heterocycles. The van der Waals surface area contributed by atoms with Gasteiger partial charge >= 0.3 is 0 Å². The number of hydrogen-bond acceptors (Lipinski definition) is 6. The van der Waals surface area contributed by atoms with E-state index in [2.05, 4.69) is 22.4 Å². The third-order valence-corrected chi connectivity index (χ3v) is 5.21. The number of carbonyl (C=O) groups is 1. The van der Waals surface area contributed by atoms with Crippen molar-refractivity contribution < 1.29 is 14.1 Å². The van der Waals surface area contributed by atoms with Gasteiger partial charge in [-0.3, -0.25) is 4.79 Å². The molecule has 118 valence electrons. The van der Waals surface area contributed by atoms with E-state index < -0.39 is 5.54 Å². The van der Waals surface area contributed by atoms with Crippen LogP contribution in [-0.2, 0) is 16.7 Å². The molecule has 0 unspecified atom stereocenters. The molecular weight excluding hydrogens is 302 g/mol. The van der Waals surface area contributed by atoms with Crippen molar-refractivity contribution in [3.8, 4) is 0 Å². The number of aromatic nitrogens is 2. The highest BCUT2D eigenvalue weighted by Gasteiger charge is 2.40. The zero-order chi connectivity index (χ0) is 15.6. The first-order chi connectivity index (χ1) is 10.6. The monoisotopic (exact) mass is 321 g/mol. The van der Waals surface area contributed by atoms with Crippen LogP contribution in [0.3, 0.4) is 0 Å². The Hall–Kier alpha value is -1.73. The lowest BCUT2D eigenvalue weighted by atomic mass is 9.89. The van der Waals surface area contributed by atoms with E-state index in [0.29, 0.717) is 31.9 Å². The van der Waals surface area contributed by atoms with Crippen LogP contribution in [0.5, 0.6) is 0 Å². The zero-order valence-electron chi connectivity index (χ0n) is 12.7. The van der Waals surface area contributed by atoms with Crippen molar-refractivity contribution in [2.24, 2.45) is 0 Å². The maximum atomic E-state index is 12.7. The van der Waals surface area contributed by atoms with E-state index in [0.717, 1.165) is 11.3 Å². The molecule has 0 saturated carbocycles. The Balaban J connectivity index is 1.85. The first-order valence-corrected chi connectivity index (χ1v) is 8.23. The van der Waals surface area contributed by atoms with Gasteiger partial charge in [-0.2, -0.15) is 4.98 Å². The second-order valence-electron chi connectivity index (χ2n) is 5.45. The van der Waals surface area contributed by atoms with E-state index >= 15 is 0 Å². The molecule has 6 nitrogen and oxygen atoms in total. The molecule has 0 aromatic carbocycles. The molecule has 1 amide bonds. The topological polar surface area (TPSA) is 77.3 Å². The molecule has 1 aliphatic rings. The summed E-state index contributed by atoms with van der Waals surface area (Å²) in [6, 6.07) is 1.97. The van der Waals surface area contributed by atoms with E-state index in [1.165, 1.54) is 28.2 Å². The fourth-order valence-corrected chi connectivity index (χ4v) is 3.78. The Bertz CT molecular complexity index is 645. The average Bonchev–Trinajstić information content (AvgIpc) is 3.17. The summed E-state index contributed by atoms with van der Waals surface area (Å²) >= 11 is 1.52. The van der Waals surface area contributed by atoms with Crippen molar-refractivity contribution in [2.75, 3.05) is 13.2 Å². The van der Waals surface area contributed by atoms with Crippen LogP contribution in [-0.4, -0.2) is 29.3 Å². The van der Waals surface area contributed by atoms with Gasteiger partial charge < -0.3 is 14.6 Å². The average molecular weight is 321 g/mol. The molecule has 22 heavy (non-hydrogen) atoms. The highest BCUT2D eigenvalue weighted by molar-refractivity contribution is 7.14. The number of aryl methyl sites for hydroxylation is 2. The van der Waals surface area contributed by atoms with Gasteiger partial charge in [-0.15, -0.1) is 11.3 Å². The summed E-state index contributed by atoms with van der Waals surface area (Å²) in [5.41, 5.74) is 0.614. The minimum atomic E-state index is -0.605. The molecule has 3 rings (SSSR count). The smallest absolute Gasteiger partial charge is 0.262 e.